The van der Waals surface area contributed by atoms with Gasteiger partial charge in [-0.2, -0.15) is 0 Å². The summed E-state index contributed by atoms with van der Waals surface area (Å²) in [6.45, 7) is 0. The lowest BCUT2D eigenvalue weighted by Crippen LogP contribution is -2.39. The minimum atomic E-state index is -0.0120. The molecule has 6 heteroatoms. The zero-order chi connectivity index (χ0) is 15.6. The Labute approximate surface area is 158 Å². The predicted molar refractivity (Wildman–Crippen MR) is 107 cm³/mol. The number of thioether (sulfide) groups is 2. The van der Waals surface area contributed by atoms with Crippen LogP contribution in [-0.4, -0.2) is 29.5 Å². The fraction of sp³-hybridized carbons (Fsp3) is 0.611. The number of fused-ring (bicyclic) bond motifs is 1. The zero-order valence-electron chi connectivity index (χ0n) is 13.7. The number of amides is 1. The molecule has 1 aromatic carbocycles. The molecule has 2 saturated heterocycles. The van der Waals surface area contributed by atoms with E-state index in [1.807, 2.05) is 29.6 Å². The number of benzene rings is 1. The molecule has 2 aliphatic heterocycles. The fourth-order valence-corrected chi connectivity index (χ4v) is 6.90. The summed E-state index contributed by atoms with van der Waals surface area (Å²) in [5.74, 6) is 3.29. The van der Waals surface area contributed by atoms with Crippen molar-refractivity contribution in [2.75, 3.05) is 16.8 Å². The van der Waals surface area contributed by atoms with Gasteiger partial charge in [-0.3, -0.25) is 4.79 Å². The Balaban J connectivity index is 0.00000169. The molecule has 1 saturated carbocycles. The summed E-state index contributed by atoms with van der Waals surface area (Å²) in [4.78, 5) is 12.6. The van der Waals surface area contributed by atoms with Crippen molar-refractivity contribution in [2.24, 2.45) is 5.92 Å². The SMILES string of the molecule is Cl.O=C(Nc1cccc(C2SCCS2)c1)C1CC2CCCCC2N1. The van der Waals surface area contributed by atoms with Crippen LogP contribution in [0.2, 0.25) is 0 Å². The van der Waals surface area contributed by atoms with Crippen molar-refractivity contribution in [3.63, 3.8) is 0 Å². The number of anilines is 1. The molecule has 2 heterocycles. The zero-order valence-corrected chi connectivity index (χ0v) is 16.2. The van der Waals surface area contributed by atoms with Crippen LogP contribution >= 0.6 is 35.9 Å². The average molecular weight is 385 g/mol. The van der Waals surface area contributed by atoms with Gasteiger partial charge in [0.1, 0.15) is 0 Å². The Morgan fingerprint density at radius 3 is 2.75 bits per heavy atom. The van der Waals surface area contributed by atoms with Crippen LogP contribution in [0.4, 0.5) is 5.69 Å². The molecule has 3 unspecified atom stereocenters. The van der Waals surface area contributed by atoms with Gasteiger partial charge in [0.25, 0.3) is 0 Å². The molecule has 132 valence electrons. The Bertz CT molecular complexity index is 566. The Hall–Kier alpha value is -0.360. The van der Waals surface area contributed by atoms with Gasteiger partial charge in [-0.15, -0.1) is 35.9 Å². The van der Waals surface area contributed by atoms with Gasteiger partial charge in [-0.25, -0.2) is 0 Å². The molecule has 1 aromatic rings. The second kappa shape index (κ2) is 8.35. The molecule has 4 rings (SSSR count). The molecule has 1 aliphatic carbocycles. The van der Waals surface area contributed by atoms with Crippen LogP contribution in [0.15, 0.2) is 24.3 Å². The first-order chi connectivity index (χ1) is 11.3. The number of halogens is 1. The van der Waals surface area contributed by atoms with Crippen molar-refractivity contribution in [1.29, 1.82) is 0 Å². The molecule has 3 aliphatic rings. The van der Waals surface area contributed by atoms with Crippen LogP contribution in [0.25, 0.3) is 0 Å². The number of carbonyl (C=O) groups excluding carboxylic acids is 1. The van der Waals surface area contributed by atoms with E-state index in [2.05, 4.69) is 28.8 Å². The van der Waals surface area contributed by atoms with Gasteiger partial charge in [0.05, 0.1) is 10.6 Å². The van der Waals surface area contributed by atoms with E-state index in [4.69, 9.17) is 0 Å². The topological polar surface area (TPSA) is 41.1 Å². The van der Waals surface area contributed by atoms with Gasteiger partial charge in [0, 0.05) is 23.2 Å². The summed E-state index contributed by atoms with van der Waals surface area (Å²) in [5.41, 5.74) is 2.26. The van der Waals surface area contributed by atoms with Crippen LogP contribution in [-0.2, 0) is 4.79 Å². The third kappa shape index (κ3) is 4.06. The first kappa shape index (κ1) is 18.4. The van der Waals surface area contributed by atoms with E-state index in [9.17, 15) is 4.79 Å². The van der Waals surface area contributed by atoms with E-state index in [-0.39, 0.29) is 24.4 Å². The molecular weight excluding hydrogens is 360 g/mol. The maximum Gasteiger partial charge on any atom is 0.241 e. The maximum absolute atomic E-state index is 12.6. The van der Waals surface area contributed by atoms with E-state index < -0.39 is 0 Å². The third-order valence-corrected chi connectivity index (χ3v) is 8.33. The highest BCUT2D eigenvalue weighted by Gasteiger charge is 2.38. The van der Waals surface area contributed by atoms with Gasteiger partial charge in [0.2, 0.25) is 5.91 Å². The molecule has 0 spiro atoms. The molecule has 3 fully saturated rings. The molecule has 2 N–H and O–H groups in total. The van der Waals surface area contributed by atoms with Crippen LogP contribution < -0.4 is 10.6 Å². The third-order valence-electron chi connectivity index (χ3n) is 5.23. The minimum absolute atomic E-state index is 0. The molecule has 0 bridgehead atoms. The molecule has 24 heavy (non-hydrogen) atoms. The largest absolute Gasteiger partial charge is 0.325 e. The van der Waals surface area contributed by atoms with Crippen molar-refractivity contribution >= 4 is 47.5 Å². The molecular formula is C18H25ClN2OS2. The molecule has 0 aromatic heterocycles. The first-order valence-electron chi connectivity index (χ1n) is 8.70. The van der Waals surface area contributed by atoms with Crippen LogP contribution in [0.5, 0.6) is 0 Å². The van der Waals surface area contributed by atoms with Crippen molar-refractivity contribution in [1.82, 2.24) is 5.32 Å². The second-order valence-corrected chi connectivity index (χ2v) is 9.52. The normalized spacial score (nSPS) is 29.8. The van der Waals surface area contributed by atoms with Crippen LogP contribution in [0, 0.1) is 5.92 Å². The van der Waals surface area contributed by atoms with E-state index >= 15 is 0 Å². The summed E-state index contributed by atoms with van der Waals surface area (Å²) in [7, 11) is 0. The lowest BCUT2D eigenvalue weighted by molar-refractivity contribution is -0.117. The van der Waals surface area contributed by atoms with Gasteiger partial charge in [0.15, 0.2) is 0 Å². The highest BCUT2D eigenvalue weighted by Crippen LogP contribution is 2.45. The van der Waals surface area contributed by atoms with Gasteiger partial charge < -0.3 is 10.6 Å². The Morgan fingerprint density at radius 1 is 1.17 bits per heavy atom. The van der Waals surface area contributed by atoms with Gasteiger partial charge in [-0.05, 0) is 42.9 Å². The van der Waals surface area contributed by atoms with Crippen LogP contribution in [0.3, 0.4) is 0 Å². The fourth-order valence-electron chi connectivity index (χ4n) is 4.06. The van der Waals surface area contributed by atoms with Crippen LogP contribution in [0.1, 0.15) is 42.2 Å². The first-order valence-corrected chi connectivity index (χ1v) is 10.8. The van der Waals surface area contributed by atoms with E-state index in [1.165, 1.54) is 42.8 Å². The number of hydrogen-bond acceptors (Lipinski definition) is 4. The molecule has 3 atom stereocenters. The summed E-state index contributed by atoms with van der Waals surface area (Å²) in [5, 5.41) is 6.70. The van der Waals surface area contributed by atoms with E-state index in [0.29, 0.717) is 16.5 Å². The van der Waals surface area contributed by atoms with Crippen molar-refractivity contribution < 1.29 is 4.79 Å². The number of rotatable bonds is 3. The standard InChI is InChI=1S/C18H24N2OS2.ClH/c21-17(16-11-12-4-1-2-7-15(12)20-16)19-14-6-3-5-13(10-14)18-22-8-9-23-18;/h3,5-6,10,12,15-16,18,20H,1-2,4,7-9,11H2,(H,19,21);1H. The summed E-state index contributed by atoms with van der Waals surface area (Å²) in [6.07, 6.45) is 6.16. The average Bonchev–Trinajstić information content (AvgIpc) is 3.24. The lowest BCUT2D eigenvalue weighted by atomic mass is 9.85. The number of hydrogen-bond donors (Lipinski definition) is 2. The van der Waals surface area contributed by atoms with Gasteiger partial charge in [-0.1, -0.05) is 25.0 Å². The summed E-state index contributed by atoms with van der Waals surface area (Å²) in [6, 6.07) is 8.95. The van der Waals surface area contributed by atoms with E-state index in [1.54, 1.807) is 0 Å². The number of carbonyl (C=O) groups is 1. The smallest absolute Gasteiger partial charge is 0.241 e. The highest BCUT2D eigenvalue weighted by atomic mass is 35.5. The van der Waals surface area contributed by atoms with Crippen molar-refractivity contribution in [3.05, 3.63) is 29.8 Å². The van der Waals surface area contributed by atoms with Crippen molar-refractivity contribution in [3.8, 4) is 0 Å². The number of nitrogens with one attached hydrogen (secondary N) is 2. The quantitative estimate of drug-likeness (QED) is 0.807. The van der Waals surface area contributed by atoms with Gasteiger partial charge >= 0.3 is 0 Å². The monoisotopic (exact) mass is 384 g/mol. The maximum atomic E-state index is 12.6. The van der Waals surface area contributed by atoms with Crippen molar-refractivity contribution in [2.45, 2.75) is 48.8 Å². The summed E-state index contributed by atoms with van der Waals surface area (Å²) >= 11 is 4.00. The minimum Gasteiger partial charge on any atom is -0.325 e. The highest BCUT2D eigenvalue weighted by molar-refractivity contribution is 8.19. The lowest BCUT2D eigenvalue weighted by Gasteiger charge is -2.24. The second-order valence-electron chi connectivity index (χ2n) is 6.79. The molecule has 0 radical (unpaired) electrons. The Morgan fingerprint density at radius 2 is 1.96 bits per heavy atom. The predicted octanol–water partition coefficient (Wildman–Crippen LogP) is 4.45. The van der Waals surface area contributed by atoms with E-state index in [0.717, 1.165) is 12.1 Å². The summed E-state index contributed by atoms with van der Waals surface area (Å²) < 4.78 is 0.527. The molecule has 1 amide bonds. The molecule has 3 nitrogen and oxygen atoms in total. The Kier molecular flexibility index (Phi) is 6.41.